The average molecular weight is 363 g/mol. The Bertz CT molecular complexity index is 548. The van der Waals surface area contributed by atoms with Crippen LogP contribution in [0.3, 0.4) is 0 Å². The molecule has 0 fully saturated rings. The molecule has 2 rings (SSSR count). The molecule has 1 heterocycles. The molecule has 0 amide bonds. The molecule has 0 aliphatic carbocycles. The van der Waals surface area contributed by atoms with E-state index in [1.807, 2.05) is 30.5 Å². The Morgan fingerprint density at radius 3 is 2.62 bits per heavy atom. The van der Waals surface area contributed by atoms with Gasteiger partial charge in [0.1, 0.15) is 0 Å². The number of benzene rings is 1. The number of carbonyl (C=O) groups is 1. The lowest BCUT2D eigenvalue weighted by Gasteiger charge is -2.01. The molecule has 0 bridgehead atoms. The highest BCUT2D eigenvalue weighted by molar-refractivity contribution is 14.1. The van der Waals surface area contributed by atoms with Gasteiger partial charge in [-0.1, -0.05) is 23.7 Å². The average Bonchev–Trinajstić information content (AvgIpc) is 2.68. The van der Waals surface area contributed by atoms with Crippen LogP contribution >= 0.6 is 45.5 Å². The van der Waals surface area contributed by atoms with Gasteiger partial charge in [0.05, 0.1) is 2.88 Å². The van der Waals surface area contributed by atoms with Crippen LogP contribution in [0.15, 0.2) is 29.6 Å². The fraction of sp³-hybridized carbons (Fsp3) is 0.0833. The van der Waals surface area contributed by atoms with Crippen molar-refractivity contribution in [3.8, 4) is 0 Å². The van der Waals surface area contributed by atoms with Gasteiger partial charge in [-0.2, -0.15) is 0 Å². The van der Waals surface area contributed by atoms with Crippen molar-refractivity contribution < 1.29 is 4.79 Å². The largest absolute Gasteiger partial charge is 0.289 e. The highest BCUT2D eigenvalue weighted by Crippen LogP contribution is 2.22. The minimum Gasteiger partial charge on any atom is -0.289 e. The van der Waals surface area contributed by atoms with Crippen molar-refractivity contribution in [2.24, 2.45) is 0 Å². The minimum absolute atomic E-state index is 0.0288. The fourth-order valence-electron chi connectivity index (χ4n) is 1.33. The Kier molecular flexibility index (Phi) is 3.66. The number of hydrogen-bond acceptors (Lipinski definition) is 2. The summed E-state index contributed by atoms with van der Waals surface area (Å²) in [7, 11) is 0. The summed E-state index contributed by atoms with van der Waals surface area (Å²) in [6.45, 7) is 1.92. The third kappa shape index (κ3) is 2.47. The highest BCUT2D eigenvalue weighted by Gasteiger charge is 2.11. The number of ketones is 1. The summed E-state index contributed by atoms with van der Waals surface area (Å²) in [4.78, 5) is 12.1. The second-order valence-electron chi connectivity index (χ2n) is 3.43. The zero-order chi connectivity index (χ0) is 11.7. The van der Waals surface area contributed by atoms with Crippen molar-refractivity contribution in [3.05, 3.63) is 54.2 Å². The van der Waals surface area contributed by atoms with Gasteiger partial charge < -0.3 is 0 Å². The van der Waals surface area contributed by atoms with Crippen LogP contribution in [0.1, 0.15) is 21.5 Å². The lowest BCUT2D eigenvalue weighted by Crippen LogP contribution is -1.99. The first-order valence-electron chi connectivity index (χ1n) is 4.63. The molecule has 0 N–H and O–H groups in total. The fourth-order valence-corrected chi connectivity index (χ4v) is 2.84. The predicted molar refractivity (Wildman–Crippen MR) is 76.7 cm³/mol. The smallest absolute Gasteiger partial charge is 0.193 e. The van der Waals surface area contributed by atoms with Gasteiger partial charge >= 0.3 is 0 Å². The summed E-state index contributed by atoms with van der Waals surface area (Å²) >= 11 is 9.77. The molecule has 16 heavy (non-hydrogen) atoms. The minimum atomic E-state index is 0.0288. The molecule has 4 heteroatoms. The molecule has 0 aliphatic rings. The molecular formula is C12H8ClIOS. The molecule has 1 nitrogen and oxygen atoms in total. The van der Waals surface area contributed by atoms with E-state index in [4.69, 9.17) is 11.6 Å². The van der Waals surface area contributed by atoms with Crippen LogP contribution < -0.4 is 0 Å². The van der Waals surface area contributed by atoms with E-state index in [0.717, 1.165) is 14.0 Å². The van der Waals surface area contributed by atoms with Crippen LogP contribution in [0.5, 0.6) is 0 Å². The molecule has 0 unspecified atom stereocenters. The van der Waals surface area contributed by atoms with E-state index in [1.165, 1.54) is 0 Å². The molecule has 0 spiro atoms. The molecule has 0 saturated carbocycles. The second kappa shape index (κ2) is 4.85. The first-order valence-corrected chi connectivity index (χ1v) is 6.96. The van der Waals surface area contributed by atoms with Crippen molar-refractivity contribution in [1.82, 2.24) is 0 Å². The summed E-state index contributed by atoms with van der Waals surface area (Å²) in [5.41, 5.74) is 2.36. The number of aryl methyl sites for hydroxylation is 1. The Labute approximate surface area is 117 Å². The number of hydrogen-bond donors (Lipinski definition) is 0. The molecular weight excluding hydrogens is 355 g/mol. The van der Waals surface area contributed by atoms with Crippen molar-refractivity contribution in [2.45, 2.75) is 6.92 Å². The van der Waals surface area contributed by atoms with Crippen molar-refractivity contribution in [2.75, 3.05) is 0 Å². The van der Waals surface area contributed by atoms with Crippen LogP contribution in [0, 0.1) is 9.81 Å². The maximum absolute atomic E-state index is 12.1. The van der Waals surface area contributed by atoms with Gasteiger partial charge in [0.2, 0.25) is 0 Å². The van der Waals surface area contributed by atoms with Crippen LogP contribution in [0.4, 0.5) is 0 Å². The van der Waals surface area contributed by atoms with Crippen LogP contribution in [-0.2, 0) is 0 Å². The summed E-state index contributed by atoms with van der Waals surface area (Å²) < 4.78 is 1.11. The lowest BCUT2D eigenvalue weighted by molar-refractivity contribution is 0.103. The number of rotatable bonds is 2. The lowest BCUT2D eigenvalue weighted by atomic mass is 10.0. The third-order valence-electron chi connectivity index (χ3n) is 2.26. The van der Waals surface area contributed by atoms with Gasteiger partial charge in [0.15, 0.2) is 5.78 Å². The molecule has 1 aromatic carbocycles. The maximum Gasteiger partial charge on any atom is 0.193 e. The molecule has 0 saturated heterocycles. The van der Waals surface area contributed by atoms with Gasteiger partial charge in [0, 0.05) is 21.5 Å². The molecule has 2 aromatic rings. The van der Waals surface area contributed by atoms with Gasteiger partial charge in [-0.15, -0.1) is 11.3 Å². The van der Waals surface area contributed by atoms with Crippen LogP contribution in [0.2, 0.25) is 5.02 Å². The molecule has 0 atom stereocenters. The third-order valence-corrected chi connectivity index (χ3v) is 4.46. The standard InChI is InChI=1S/C12H8ClIOS/c1-7-2-3-8(4-10(7)13)12(15)9-5-11(14)16-6-9/h2-6H,1H3. The number of halogens is 2. The zero-order valence-electron chi connectivity index (χ0n) is 8.46. The van der Waals surface area contributed by atoms with E-state index in [-0.39, 0.29) is 5.78 Å². The molecule has 82 valence electrons. The topological polar surface area (TPSA) is 17.1 Å². The van der Waals surface area contributed by atoms with E-state index >= 15 is 0 Å². The van der Waals surface area contributed by atoms with Crippen LogP contribution in [-0.4, -0.2) is 5.78 Å². The summed E-state index contributed by atoms with van der Waals surface area (Å²) in [6.07, 6.45) is 0. The van der Waals surface area contributed by atoms with Crippen LogP contribution in [0.25, 0.3) is 0 Å². The van der Waals surface area contributed by atoms with Crippen molar-refractivity contribution >= 4 is 51.3 Å². The summed E-state index contributed by atoms with van der Waals surface area (Å²) in [5.74, 6) is 0.0288. The van der Waals surface area contributed by atoms with Crippen molar-refractivity contribution in [3.63, 3.8) is 0 Å². The maximum atomic E-state index is 12.1. The number of thiophene rings is 1. The van der Waals surface area contributed by atoms with Gasteiger partial charge in [-0.3, -0.25) is 4.79 Å². The first kappa shape index (κ1) is 12.1. The number of carbonyl (C=O) groups excluding carboxylic acids is 1. The Hall–Kier alpha value is -0.390. The van der Waals surface area contributed by atoms with Crippen molar-refractivity contribution in [1.29, 1.82) is 0 Å². The molecule has 0 aliphatic heterocycles. The predicted octanol–water partition coefficient (Wildman–Crippen LogP) is 4.55. The molecule has 1 aromatic heterocycles. The Morgan fingerprint density at radius 1 is 1.31 bits per heavy atom. The van der Waals surface area contributed by atoms with E-state index in [0.29, 0.717) is 10.6 Å². The first-order chi connectivity index (χ1) is 7.58. The normalized spacial score (nSPS) is 10.4. The summed E-state index contributed by atoms with van der Waals surface area (Å²) in [6, 6.07) is 7.30. The zero-order valence-corrected chi connectivity index (χ0v) is 12.2. The van der Waals surface area contributed by atoms with Gasteiger partial charge in [0.25, 0.3) is 0 Å². The van der Waals surface area contributed by atoms with E-state index in [9.17, 15) is 4.79 Å². The quantitative estimate of drug-likeness (QED) is 0.566. The monoisotopic (exact) mass is 362 g/mol. The molecule has 0 radical (unpaired) electrons. The Balaban J connectivity index is 2.38. The van der Waals surface area contributed by atoms with E-state index in [2.05, 4.69) is 22.6 Å². The van der Waals surface area contributed by atoms with Gasteiger partial charge in [-0.25, -0.2) is 0 Å². The SMILES string of the molecule is Cc1ccc(C(=O)c2csc(I)c2)cc1Cl. The van der Waals surface area contributed by atoms with E-state index in [1.54, 1.807) is 17.4 Å². The van der Waals surface area contributed by atoms with E-state index < -0.39 is 0 Å². The second-order valence-corrected chi connectivity index (χ2v) is 6.65. The van der Waals surface area contributed by atoms with Gasteiger partial charge in [-0.05, 0) is 47.2 Å². The highest BCUT2D eigenvalue weighted by atomic mass is 127. The summed E-state index contributed by atoms with van der Waals surface area (Å²) in [5, 5.41) is 2.51. The Morgan fingerprint density at radius 2 is 2.06 bits per heavy atom.